The summed E-state index contributed by atoms with van der Waals surface area (Å²) in [4.78, 5) is 9.89. The predicted molar refractivity (Wildman–Crippen MR) is 25.6 cm³/mol. The minimum atomic E-state index is -0.346. The summed E-state index contributed by atoms with van der Waals surface area (Å²) in [6.45, 7) is -0.346. The molecule has 0 bridgehead atoms. The van der Waals surface area contributed by atoms with Crippen LogP contribution < -0.4 is 0 Å². The number of aliphatic hydroxyl groups is 1. The molecule has 0 atom stereocenters. The quantitative estimate of drug-likeness (QED) is 0.506. The molecular weight excluding hydrogens is 100 g/mol. The molecule has 0 aromatic heterocycles. The molecule has 2 nitrogen and oxygen atoms in total. The van der Waals surface area contributed by atoms with Crippen molar-refractivity contribution in [3.63, 3.8) is 0 Å². The largest absolute Gasteiger partial charge is 0.388 e. The number of carbonyl (C=O) groups is 1. The highest BCUT2D eigenvalue weighted by Crippen LogP contribution is 1.89. The van der Waals surface area contributed by atoms with E-state index in [9.17, 15) is 4.79 Å². The minimum absolute atomic E-state index is 0.185. The maximum absolute atomic E-state index is 9.89. The molecule has 0 unspecified atom stereocenters. The van der Waals surface area contributed by atoms with Crippen LogP contribution >= 0.6 is 11.8 Å². The Bertz CT molecular complexity index is 46.8. The molecule has 0 aliphatic carbocycles. The number of thioether (sulfide) groups is 1. The van der Waals surface area contributed by atoms with Crippen LogP contribution in [0.25, 0.3) is 0 Å². The molecule has 0 spiro atoms. The second-order valence-electron chi connectivity index (χ2n) is 0.734. The molecular formula is C3H6O2S. The zero-order valence-corrected chi connectivity index (χ0v) is 4.29. The smallest absolute Gasteiger partial charge is 0.214 e. The highest BCUT2D eigenvalue weighted by molar-refractivity contribution is 8.13. The van der Waals surface area contributed by atoms with Gasteiger partial charge in [-0.05, 0) is 6.26 Å². The van der Waals surface area contributed by atoms with Crippen LogP contribution in [-0.2, 0) is 4.79 Å². The first kappa shape index (κ1) is 5.98. The molecule has 0 rings (SSSR count). The van der Waals surface area contributed by atoms with E-state index in [0.29, 0.717) is 0 Å². The van der Waals surface area contributed by atoms with Crippen LogP contribution in [0.15, 0.2) is 0 Å². The van der Waals surface area contributed by atoms with Crippen molar-refractivity contribution >= 4 is 16.9 Å². The average molecular weight is 106 g/mol. The van der Waals surface area contributed by atoms with Crippen molar-refractivity contribution in [3.8, 4) is 0 Å². The van der Waals surface area contributed by atoms with Crippen molar-refractivity contribution in [1.29, 1.82) is 0 Å². The maximum atomic E-state index is 9.89. The fourth-order valence-electron chi connectivity index (χ4n) is 0.0645. The van der Waals surface area contributed by atoms with Gasteiger partial charge in [0.2, 0.25) is 5.12 Å². The second-order valence-corrected chi connectivity index (χ2v) is 1.60. The standard InChI is InChI=1S/C3H6O2S/c1-6-3(5)2-4/h4H,2H2,1H3. The van der Waals surface area contributed by atoms with Gasteiger partial charge in [0.15, 0.2) is 0 Å². The Balaban J connectivity index is 2.99. The number of aliphatic hydroxyl groups excluding tert-OH is 1. The zero-order valence-electron chi connectivity index (χ0n) is 3.47. The SMILES string of the molecule is CSC(=O)CO. The van der Waals surface area contributed by atoms with Crippen LogP contribution in [0.4, 0.5) is 0 Å². The molecule has 0 fully saturated rings. The van der Waals surface area contributed by atoms with E-state index in [1.807, 2.05) is 0 Å². The van der Waals surface area contributed by atoms with Gasteiger partial charge < -0.3 is 5.11 Å². The Labute approximate surface area is 40.5 Å². The van der Waals surface area contributed by atoms with Gasteiger partial charge in [-0.3, -0.25) is 4.79 Å². The fourth-order valence-corrected chi connectivity index (χ4v) is 0.194. The molecule has 0 aromatic carbocycles. The van der Waals surface area contributed by atoms with E-state index in [2.05, 4.69) is 0 Å². The van der Waals surface area contributed by atoms with Gasteiger partial charge in [-0.2, -0.15) is 0 Å². The second kappa shape index (κ2) is 3.18. The van der Waals surface area contributed by atoms with Gasteiger partial charge >= 0.3 is 0 Å². The third-order valence-electron chi connectivity index (χ3n) is 0.357. The highest BCUT2D eigenvalue weighted by atomic mass is 32.2. The van der Waals surface area contributed by atoms with Gasteiger partial charge in [0.25, 0.3) is 0 Å². The summed E-state index contributed by atoms with van der Waals surface area (Å²) < 4.78 is 0. The lowest BCUT2D eigenvalue weighted by Gasteiger charge is -1.80. The van der Waals surface area contributed by atoms with Gasteiger partial charge in [-0.1, -0.05) is 11.8 Å². The van der Waals surface area contributed by atoms with Crippen LogP contribution in [0.3, 0.4) is 0 Å². The average Bonchev–Trinajstić information content (AvgIpc) is 1.65. The minimum Gasteiger partial charge on any atom is -0.388 e. The van der Waals surface area contributed by atoms with Gasteiger partial charge in [0.1, 0.15) is 6.61 Å². The molecule has 6 heavy (non-hydrogen) atoms. The summed E-state index contributed by atoms with van der Waals surface area (Å²) in [7, 11) is 0. The first-order chi connectivity index (χ1) is 2.81. The molecule has 0 aromatic rings. The third kappa shape index (κ3) is 2.23. The highest BCUT2D eigenvalue weighted by Gasteiger charge is 1.89. The monoisotopic (exact) mass is 106 g/mol. The van der Waals surface area contributed by atoms with Crippen molar-refractivity contribution < 1.29 is 9.90 Å². The first-order valence-electron chi connectivity index (χ1n) is 1.49. The first-order valence-corrected chi connectivity index (χ1v) is 2.71. The van der Waals surface area contributed by atoms with E-state index in [1.165, 1.54) is 0 Å². The van der Waals surface area contributed by atoms with Gasteiger partial charge in [0, 0.05) is 0 Å². The molecule has 0 radical (unpaired) electrons. The van der Waals surface area contributed by atoms with E-state index in [4.69, 9.17) is 5.11 Å². The summed E-state index contributed by atoms with van der Waals surface area (Å²) in [6, 6.07) is 0. The lowest BCUT2D eigenvalue weighted by molar-refractivity contribution is -0.113. The number of rotatable bonds is 1. The van der Waals surface area contributed by atoms with Crippen molar-refractivity contribution in [2.75, 3.05) is 12.9 Å². The number of hydrogen-bond acceptors (Lipinski definition) is 3. The van der Waals surface area contributed by atoms with Gasteiger partial charge in [-0.15, -0.1) is 0 Å². The van der Waals surface area contributed by atoms with Crippen molar-refractivity contribution in [2.45, 2.75) is 0 Å². The van der Waals surface area contributed by atoms with Crippen LogP contribution in [-0.4, -0.2) is 23.1 Å². The van der Waals surface area contributed by atoms with Crippen molar-refractivity contribution in [2.24, 2.45) is 0 Å². The third-order valence-corrected chi connectivity index (χ3v) is 0.941. The predicted octanol–water partition coefficient (Wildman–Crippen LogP) is -0.132. The summed E-state index contributed by atoms with van der Waals surface area (Å²) in [6.07, 6.45) is 1.64. The molecule has 0 saturated heterocycles. The van der Waals surface area contributed by atoms with E-state index in [-0.39, 0.29) is 11.7 Å². The van der Waals surface area contributed by atoms with E-state index < -0.39 is 0 Å². The Morgan fingerprint density at radius 1 is 2.00 bits per heavy atom. The summed E-state index contributed by atoms with van der Waals surface area (Å²) in [5, 5.41) is 7.78. The molecule has 1 N–H and O–H groups in total. The Morgan fingerprint density at radius 3 is 2.50 bits per heavy atom. The van der Waals surface area contributed by atoms with Crippen LogP contribution in [0.2, 0.25) is 0 Å². The molecule has 36 valence electrons. The van der Waals surface area contributed by atoms with Crippen LogP contribution in [0, 0.1) is 0 Å². The molecule has 0 aliphatic rings. The molecule has 0 saturated carbocycles. The summed E-state index contributed by atoms with van der Waals surface area (Å²) in [5.41, 5.74) is 0. The summed E-state index contributed by atoms with van der Waals surface area (Å²) in [5.74, 6) is 0. The van der Waals surface area contributed by atoms with E-state index in [1.54, 1.807) is 6.26 Å². The topological polar surface area (TPSA) is 37.3 Å². The normalized spacial score (nSPS) is 8.33. The van der Waals surface area contributed by atoms with Crippen molar-refractivity contribution in [1.82, 2.24) is 0 Å². The molecule has 0 amide bonds. The van der Waals surface area contributed by atoms with Crippen LogP contribution in [0.1, 0.15) is 0 Å². The Morgan fingerprint density at radius 2 is 2.50 bits per heavy atom. The Kier molecular flexibility index (Phi) is 3.17. The molecule has 0 heterocycles. The lowest BCUT2D eigenvalue weighted by Crippen LogP contribution is -1.94. The van der Waals surface area contributed by atoms with Gasteiger partial charge in [-0.25, -0.2) is 0 Å². The Hall–Kier alpha value is -0.0200. The summed E-state index contributed by atoms with van der Waals surface area (Å²) >= 11 is 1.04. The molecule has 3 heteroatoms. The molecule has 0 aliphatic heterocycles. The van der Waals surface area contributed by atoms with Gasteiger partial charge in [0.05, 0.1) is 0 Å². The number of hydrogen-bond donors (Lipinski definition) is 1. The maximum Gasteiger partial charge on any atom is 0.214 e. The zero-order chi connectivity index (χ0) is 4.99. The van der Waals surface area contributed by atoms with E-state index >= 15 is 0 Å². The fraction of sp³-hybridized carbons (Fsp3) is 0.667. The number of carbonyl (C=O) groups excluding carboxylic acids is 1. The van der Waals surface area contributed by atoms with E-state index in [0.717, 1.165) is 11.8 Å². The van der Waals surface area contributed by atoms with Crippen molar-refractivity contribution in [3.05, 3.63) is 0 Å². The lowest BCUT2D eigenvalue weighted by atomic mass is 10.8. The van der Waals surface area contributed by atoms with Crippen LogP contribution in [0.5, 0.6) is 0 Å².